The van der Waals surface area contributed by atoms with Gasteiger partial charge in [0.25, 0.3) is 0 Å². The molecule has 5 nitrogen and oxygen atoms in total. The maximum absolute atomic E-state index is 13.1. The van der Waals surface area contributed by atoms with Gasteiger partial charge < -0.3 is 19.4 Å². The Morgan fingerprint density at radius 2 is 2.08 bits per heavy atom. The van der Waals surface area contributed by atoms with Crippen LogP contribution in [0.25, 0.3) is 0 Å². The number of amides is 1. The Labute approximate surface area is 146 Å². The number of carbonyl (C=O) groups is 1. The van der Waals surface area contributed by atoms with E-state index in [1.807, 2.05) is 6.07 Å². The Hall–Kier alpha value is -2.18. The van der Waals surface area contributed by atoms with Crippen LogP contribution < -0.4 is 5.32 Å². The summed E-state index contributed by atoms with van der Waals surface area (Å²) in [6.07, 6.45) is 3.90. The number of rotatable bonds is 8. The number of halogens is 1. The average molecular weight is 346 g/mol. The third-order valence-corrected chi connectivity index (χ3v) is 4.24. The molecule has 3 rings (SSSR count). The van der Waals surface area contributed by atoms with Crippen molar-refractivity contribution in [3.05, 3.63) is 59.8 Å². The lowest BCUT2D eigenvalue weighted by Gasteiger charge is -2.22. The fourth-order valence-corrected chi connectivity index (χ4v) is 2.89. The average Bonchev–Trinajstić information content (AvgIpc) is 3.30. The molecule has 1 aliphatic rings. The number of hydrogen-bond donors (Lipinski definition) is 1. The van der Waals surface area contributed by atoms with E-state index in [4.69, 9.17) is 9.15 Å². The molecule has 25 heavy (non-hydrogen) atoms. The second-order valence-electron chi connectivity index (χ2n) is 6.22. The predicted octanol–water partition coefficient (Wildman–Crippen LogP) is 2.72. The lowest BCUT2D eigenvalue weighted by Crippen LogP contribution is -2.39. The number of hydrogen-bond acceptors (Lipinski definition) is 4. The summed E-state index contributed by atoms with van der Waals surface area (Å²) in [6.45, 7) is 2.50. The number of furan rings is 1. The van der Waals surface area contributed by atoms with E-state index >= 15 is 0 Å². The summed E-state index contributed by atoms with van der Waals surface area (Å²) in [5.74, 6) is 0.402. The molecule has 1 saturated heterocycles. The number of carbonyl (C=O) groups excluding carboxylic acids is 1. The fraction of sp³-hybridized carbons (Fsp3) is 0.421. The van der Waals surface area contributed by atoms with E-state index in [1.54, 1.807) is 29.4 Å². The first-order chi connectivity index (χ1) is 12.2. The van der Waals surface area contributed by atoms with Gasteiger partial charge >= 0.3 is 0 Å². The van der Waals surface area contributed by atoms with Gasteiger partial charge in [-0.1, -0.05) is 12.1 Å². The van der Waals surface area contributed by atoms with Crippen molar-refractivity contribution in [3.8, 4) is 0 Å². The summed E-state index contributed by atoms with van der Waals surface area (Å²) in [6, 6.07) is 9.83. The van der Waals surface area contributed by atoms with Gasteiger partial charge in [0.05, 0.1) is 25.5 Å². The van der Waals surface area contributed by atoms with Gasteiger partial charge in [-0.25, -0.2) is 4.39 Å². The molecule has 134 valence electrons. The van der Waals surface area contributed by atoms with Gasteiger partial charge in [-0.15, -0.1) is 0 Å². The van der Waals surface area contributed by atoms with Crippen molar-refractivity contribution in [1.29, 1.82) is 0 Å². The monoisotopic (exact) mass is 346 g/mol. The Morgan fingerprint density at radius 3 is 2.76 bits per heavy atom. The molecule has 1 fully saturated rings. The normalized spacial score (nSPS) is 16.9. The van der Waals surface area contributed by atoms with Gasteiger partial charge in [-0.2, -0.15) is 0 Å². The molecule has 2 aromatic rings. The molecule has 1 aromatic carbocycles. The van der Waals surface area contributed by atoms with Crippen molar-refractivity contribution in [2.45, 2.75) is 32.0 Å². The van der Waals surface area contributed by atoms with E-state index in [0.29, 0.717) is 19.6 Å². The van der Waals surface area contributed by atoms with Gasteiger partial charge in [-0.05, 0) is 42.7 Å². The molecule has 1 amide bonds. The number of nitrogens with one attached hydrogen (secondary N) is 1. The quantitative estimate of drug-likeness (QED) is 0.798. The summed E-state index contributed by atoms with van der Waals surface area (Å²) in [4.78, 5) is 14.3. The molecule has 1 aliphatic heterocycles. The summed E-state index contributed by atoms with van der Waals surface area (Å²) in [5, 5.41) is 3.18. The highest BCUT2D eigenvalue weighted by Crippen LogP contribution is 2.13. The molecule has 1 atom stereocenters. The standard InChI is InChI=1S/C19H23FN2O3/c20-16-7-5-15(6-8-16)13-22(14-18-4-2-10-25-18)19(23)12-21-11-17-3-1-9-24-17/h2,4-8,10,17,21H,1,3,9,11-14H2/t17-/m1/s1. The van der Waals surface area contributed by atoms with Gasteiger partial charge in [-0.3, -0.25) is 4.79 Å². The largest absolute Gasteiger partial charge is 0.467 e. The van der Waals surface area contributed by atoms with E-state index in [2.05, 4.69) is 5.32 Å². The van der Waals surface area contributed by atoms with Crippen molar-refractivity contribution >= 4 is 5.91 Å². The van der Waals surface area contributed by atoms with Crippen molar-refractivity contribution < 1.29 is 18.3 Å². The molecular formula is C19H23FN2O3. The van der Waals surface area contributed by atoms with E-state index in [9.17, 15) is 9.18 Å². The summed E-state index contributed by atoms with van der Waals surface area (Å²) >= 11 is 0. The first-order valence-electron chi connectivity index (χ1n) is 8.57. The maximum atomic E-state index is 13.1. The third kappa shape index (κ3) is 5.41. The number of nitrogens with zero attached hydrogens (tertiary/aromatic N) is 1. The highest BCUT2D eigenvalue weighted by molar-refractivity contribution is 5.78. The highest BCUT2D eigenvalue weighted by atomic mass is 19.1. The SMILES string of the molecule is O=C(CNC[C@H]1CCCO1)N(Cc1ccc(F)cc1)Cc1ccco1. The van der Waals surface area contributed by atoms with Crippen LogP contribution in [0.5, 0.6) is 0 Å². The van der Waals surface area contributed by atoms with E-state index in [-0.39, 0.29) is 24.4 Å². The van der Waals surface area contributed by atoms with Crippen LogP contribution in [0.4, 0.5) is 4.39 Å². The third-order valence-electron chi connectivity index (χ3n) is 4.24. The zero-order chi connectivity index (χ0) is 17.5. The van der Waals surface area contributed by atoms with Crippen LogP contribution >= 0.6 is 0 Å². The molecule has 0 bridgehead atoms. The highest BCUT2D eigenvalue weighted by Gasteiger charge is 2.18. The van der Waals surface area contributed by atoms with E-state index in [1.165, 1.54) is 12.1 Å². The van der Waals surface area contributed by atoms with Crippen molar-refractivity contribution in [2.75, 3.05) is 19.7 Å². The summed E-state index contributed by atoms with van der Waals surface area (Å²) in [5.41, 5.74) is 0.875. The van der Waals surface area contributed by atoms with Crippen LogP contribution in [0.1, 0.15) is 24.2 Å². The predicted molar refractivity (Wildman–Crippen MR) is 91.2 cm³/mol. The topological polar surface area (TPSA) is 54.7 Å². The summed E-state index contributed by atoms with van der Waals surface area (Å²) in [7, 11) is 0. The van der Waals surface area contributed by atoms with Gasteiger partial charge in [0.15, 0.2) is 0 Å². The first kappa shape index (κ1) is 17.6. The molecule has 0 radical (unpaired) electrons. The Kier molecular flexibility index (Phi) is 6.19. The lowest BCUT2D eigenvalue weighted by atomic mass is 10.2. The number of ether oxygens (including phenoxy) is 1. The molecule has 0 saturated carbocycles. The molecule has 2 heterocycles. The first-order valence-corrected chi connectivity index (χ1v) is 8.57. The van der Waals surface area contributed by atoms with Crippen LogP contribution in [0, 0.1) is 5.82 Å². The minimum Gasteiger partial charge on any atom is -0.467 e. The minimum absolute atomic E-state index is 0.0290. The molecular weight excluding hydrogens is 323 g/mol. The van der Waals surface area contributed by atoms with Gasteiger partial charge in [0.1, 0.15) is 11.6 Å². The smallest absolute Gasteiger partial charge is 0.237 e. The fourth-order valence-electron chi connectivity index (χ4n) is 2.89. The van der Waals surface area contributed by atoms with Crippen LogP contribution in [-0.2, 0) is 22.6 Å². The van der Waals surface area contributed by atoms with Crippen LogP contribution in [0.15, 0.2) is 47.1 Å². The second kappa shape index (κ2) is 8.78. The summed E-state index contributed by atoms with van der Waals surface area (Å²) < 4.78 is 24.0. The Morgan fingerprint density at radius 1 is 1.24 bits per heavy atom. The van der Waals surface area contributed by atoms with Crippen LogP contribution in [-0.4, -0.2) is 36.6 Å². The lowest BCUT2D eigenvalue weighted by molar-refractivity contribution is -0.131. The number of benzene rings is 1. The molecule has 0 spiro atoms. The zero-order valence-corrected chi connectivity index (χ0v) is 14.1. The van der Waals surface area contributed by atoms with Gasteiger partial charge in [0.2, 0.25) is 5.91 Å². The van der Waals surface area contributed by atoms with Crippen molar-refractivity contribution in [1.82, 2.24) is 10.2 Å². The molecule has 0 aliphatic carbocycles. The van der Waals surface area contributed by atoms with Crippen LogP contribution in [0.2, 0.25) is 0 Å². The molecule has 0 unspecified atom stereocenters. The molecule has 1 aromatic heterocycles. The Balaban J connectivity index is 1.58. The molecule has 6 heteroatoms. The Bertz CT molecular complexity index is 652. The molecule has 1 N–H and O–H groups in total. The van der Waals surface area contributed by atoms with Crippen molar-refractivity contribution in [2.24, 2.45) is 0 Å². The second-order valence-corrected chi connectivity index (χ2v) is 6.22. The van der Waals surface area contributed by atoms with E-state index < -0.39 is 0 Å². The van der Waals surface area contributed by atoms with Gasteiger partial charge in [0, 0.05) is 19.7 Å². The minimum atomic E-state index is -0.286. The zero-order valence-electron chi connectivity index (χ0n) is 14.1. The maximum Gasteiger partial charge on any atom is 0.237 e. The van der Waals surface area contributed by atoms with Crippen molar-refractivity contribution in [3.63, 3.8) is 0 Å². The van der Waals surface area contributed by atoms with Crippen LogP contribution in [0.3, 0.4) is 0 Å². The van der Waals surface area contributed by atoms with E-state index in [0.717, 1.165) is 30.8 Å².